The van der Waals surface area contributed by atoms with E-state index in [1.807, 2.05) is 54.6 Å². The van der Waals surface area contributed by atoms with Crippen molar-refractivity contribution in [1.29, 1.82) is 0 Å². The Labute approximate surface area is 169 Å². The van der Waals surface area contributed by atoms with Crippen LogP contribution in [0.1, 0.15) is 31.2 Å². The van der Waals surface area contributed by atoms with Crippen molar-refractivity contribution >= 4 is 11.0 Å². The van der Waals surface area contributed by atoms with Crippen molar-refractivity contribution in [3.63, 3.8) is 0 Å². The molecule has 29 heavy (non-hydrogen) atoms. The second-order valence-electron chi connectivity index (χ2n) is 7.31. The van der Waals surface area contributed by atoms with E-state index in [0.717, 1.165) is 29.2 Å². The molecule has 0 saturated carbocycles. The van der Waals surface area contributed by atoms with Gasteiger partial charge in [0.05, 0.1) is 19.0 Å². The van der Waals surface area contributed by atoms with E-state index in [1.165, 1.54) is 0 Å². The minimum Gasteiger partial charge on any atom is -0.497 e. The smallest absolute Gasteiger partial charge is 0.264 e. The highest BCUT2D eigenvalue weighted by molar-refractivity contribution is 5.75. The summed E-state index contributed by atoms with van der Waals surface area (Å²) in [7, 11) is 1.65. The largest absolute Gasteiger partial charge is 0.497 e. The van der Waals surface area contributed by atoms with Gasteiger partial charge in [0.1, 0.15) is 17.0 Å². The summed E-state index contributed by atoms with van der Waals surface area (Å²) in [5.74, 6) is 1.71. The SMILES string of the molecule is COc1ccc(CCn2c(C(C)C)nc3c(cnn3-c3ccccc3)c2=O)cc1. The van der Waals surface area contributed by atoms with Crippen molar-refractivity contribution in [3.8, 4) is 11.4 Å². The van der Waals surface area contributed by atoms with Crippen LogP contribution in [0.5, 0.6) is 5.75 Å². The van der Waals surface area contributed by atoms with Crippen LogP contribution in [0.15, 0.2) is 65.6 Å². The number of methoxy groups -OCH3 is 1. The number of aromatic nitrogens is 4. The molecule has 0 aliphatic rings. The summed E-state index contributed by atoms with van der Waals surface area (Å²) < 4.78 is 8.73. The van der Waals surface area contributed by atoms with Gasteiger partial charge < -0.3 is 4.74 Å². The van der Waals surface area contributed by atoms with Gasteiger partial charge in [0.15, 0.2) is 5.65 Å². The average molecular weight is 388 g/mol. The van der Waals surface area contributed by atoms with Gasteiger partial charge in [0, 0.05) is 12.5 Å². The maximum atomic E-state index is 13.3. The summed E-state index contributed by atoms with van der Waals surface area (Å²) in [5, 5.41) is 4.97. The zero-order chi connectivity index (χ0) is 20.4. The number of benzene rings is 2. The highest BCUT2D eigenvalue weighted by Crippen LogP contribution is 2.19. The Morgan fingerprint density at radius 2 is 1.76 bits per heavy atom. The zero-order valence-corrected chi connectivity index (χ0v) is 16.9. The highest BCUT2D eigenvalue weighted by atomic mass is 16.5. The standard InChI is InChI=1S/C23H24N4O2/c1-16(2)21-25-22-20(15-24-27(22)18-7-5-4-6-8-18)23(28)26(21)14-13-17-9-11-19(29-3)12-10-17/h4-12,15-16H,13-14H2,1-3H3. The first-order valence-corrected chi connectivity index (χ1v) is 9.75. The molecule has 0 bridgehead atoms. The summed E-state index contributed by atoms with van der Waals surface area (Å²) in [5.41, 5.74) is 2.59. The molecule has 4 aromatic rings. The highest BCUT2D eigenvalue weighted by Gasteiger charge is 2.17. The molecule has 6 nitrogen and oxygen atoms in total. The molecule has 2 aromatic carbocycles. The molecule has 0 atom stereocenters. The van der Waals surface area contributed by atoms with Gasteiger partial charge in [0.2, 0.25) is 0 Å². The first-order chi connectivity index (χ1) is 14.1. The van der Waals surface area contributed by atoms with E-state index >= 15 is 0 Å². The van der Waals surface area contributed by atoms with E-state index in [0.29, 0.717) is 17.6 Å². The average Bonchev–Trinajstić information content (AvgIpc) is 3.18. The first-order valence-electron chi connectivity index (χ1n) is 9.75. The van der Waals surface area contributed by atoms with Crippen LogP contribution in [0.25, 0.3) is 16.7 Å². The molecule has 0 fully saturated rings. The lowest BCUT2D eigenvalue weighted by Gasteiger charge is -2.15. The lowest BCUT2D eigenvalue weighted by molar-refractivity contribution is 0.414. The van der Waals surface area contributed by atoms with Crippen LogP contribution in [0.2, 0.25) is 0 Å². The van der Waals surface area contributed by atoms with Crippen LogP contribution in [-0.2, 0) is 13.0 Å². The molecule has 2 aromatic heterocycles. The molecule has 0 unspecified atom stereocenters. The van der Waals surface area contributed by atoms with E-state index in [-0.39, 0.29) is 11.5 Å². The normalized spacial score (nSPS) is 11.3. The Hall–Kier alpha value is -3.41. The van der Waals surface area contributed by atoms with Crippen LogP contribution in [0.3, 0.4) is 0 Å². The topological polar surface area (TPSA) is 61.9 Å². The molecule has 148 valence electrons. The predicted octanol–water partition coefficient (Wildman–Crippen LogP) is 3.96. The first kappa shape index (κ1) is 18.9. The second kappa shape index (κ2) is 7.91. The van der Waals surface area contributed by atoms with E-state index in [9.17, 15) is 4.79 Å². The monoisotopic (exact) mass is 388 g/mol. The van der Waals surface area contributed by atoms with Gasteiger partial charge >= 0.3 is 0 Å². The van der Waals surface area contributed by atoms with Crippen molar-refractivity contribution < 1.29 is 4.74 Å². The van der Waals surface area contributed by atoms with Crippen molar-refractivity contribution in [2.45, 2.75) is 32.7 Å². The third kappa shape index (κ3) is 3.66. The third-order valence-corrected chi connectivity index (χ3v) is 5.02. The van der Waals surface area contributed by atoms with Crippen LogP contribution >= 0.6 is 0 Å². The van der Waals surface area contributed by atoms with Gasteiger partial charge in [-0.05, 0) is 36.2 Å². The molecule has 2 heterocycles. The molecule has 0 radical (unpaired) electrons. The Morgan fingerprint density at radius 3 is 2.41 bits per heavy atom. The number of fused-ring (bicyclic) bond motifs is 1. The van der Waals surface area contributed by atoms with Gasteiger partial charge in [-0.15, -0.1) is 0 Å². The van der Waals surface area contributed by atoms with Crippen LogP contribution in [0, 0.1) is 0 Å². The number of nitrogens with zero attached hydrogens (tertiary/aromatic N) is 4. The van der Waals surface area contributed by atoms with Gasteiger partial charge in [-0.3, -0.25) is 9.36 Å². The van der Waals surface area contributed by atoms with Crippen LogP contribution < -0.4 is 10.3 Å². The Morgan fingerprint density at radius 1 is 1.03 bits per heavy atom. The van der Waals surface area contributed by atoms with E-state index in [4.69, 9.17) is 9.72 Å². The fourth-order valence-corrected chi connectivity index (χ4v) is 3.47. The Balaban J connectivity index is 1.74. The number of rotatable bonds is 6. The lowest BCUT2D eigenvalue weighted by Crippen LogP contribution is -2.27. The third-order valence-electron chi connectivity index (χ3n) is 5.02. The van der Waals surface area contributed by atoms with E-state index in [1.54, 1.807) is 22.6 Å². The predicted molar refractivity (Wildman–Crippen MR) is 114 cm³/mol. The Kier molecular flexibility index (Phi) is 5.16. The fourth-order valence-electron chi connectivity index (χ4n) is 3.47. The van der Waals surface area contributed by atoms with Crippen molar-refractivity contribution in [3.05, 3.63) is 82.5 Å². The molecule has 0 N–H and O–H groups in total. The molecule has 0 aliphatic carbocycles. The minimum atomic E-state index is -0.0469. The summed E-state index contributed by atoms with van der Waals surface area (Å²) >= 11 is 0. The number of ether oxygens (including phenoxy) is 1. The van der Waals surface area contributed by atoms with Crippen molar-refractivity contribution in [2.75, 3.05) is 7.11 Å². The molecule has 0 spiro atoms. The Bertz CT molecular complexity index is 1180. The maximum Gasteiger partial charge on any atom is 0.264 e. The quantitative estimate of drug-likeness (QED) is 0.502. The van der Waals surface area contributed by atoms with Crippen LogP contribution in [-0.4, -0.2) is 26.4 Å². The molecule has 6 heteroatoms. The van der Waals surface area contributed by atoms with Gasteiger partial charge in [-0.2, -0.15) is 5.10 Å². The summed E-state index contributed by atoms with van der Waals surface area (Å²) in [6.45, 7) is 4.68. The molecule has 0 amide bonds. The molecule has 0 saturated heterocycles. The zero-order valence-electron chi connectivity index (χ0n) is 16.9. The summed E-state index contributed by atoms with van der Waals surface area (Å²) in [4.78, 5) is 18.1. The number of para-hydroxylation sites is 1. The fraction of sp³-hybridized carbons (Fsp3) is 0.261. The second-order valence-corrected chi connectivity index (χ2v) is 7.31. The molecule has 0 aliphatic heterocycles. The van der Waals surface area contributed by atoms with Gasteiger partial charge in [-0.1, -0.05) is 44.2 Å². The van der Waals surface area contributed by atoms with Crippen molar-refractivity contribution in [1.82, 2.24) is 19.3 Å². The minimum absolute atomic E-state index is 0.0469. The molecular formula is C23H24N4O2. The number of hydrogen-bond acceptors (Lipinski definition) is 4. The maximum absolute atomic E-state index is 13.3. The summed E-state index contributed by atoms with van der Waals surface area (Å²) in [6, 6.07) is 17.7. The summed E-state index contributed by atoms with van der Waals surface area (Å²) in [6.07, 6.45) is 2.36. The van der Waals surface area contributed by atoms with E-state index in [2.05, 4.69) is 18.9 Å². The van der Waals surface area contributed by atoms with Gasteiger partial charge in [0.25, 0.3) is 5.56 Å². The van der Waals surface area contributed by atoms with E-state index < -0.39 is 0 Å². The number of hydrogen-bond donors (Lipinski definition) is 0. The van der Waals surface area contributed by atoms with Crippen molar-refractivity contribution in [2.24, 2.45) is 0 Å². The molecular weight excluding hydrogens is 364 g/mol. The lowest BCUT2D eigenvalue weighted by atomic mass is 10.1. The van der Waals surface area contributed by atoms with Gasteiger partial charge in [-0.25, -0.2) is 9.67 Å². The van der Waals surface area contributed by atoms with Crippen LogP contribution in [0.4, 0.5) is 0 Å². The number of aryl methyl sites for hydroxylation is 1. The molecule has 4 rings (SSSR count).